The zero-order valence-corrected chi connectivity index (χ0v) is 9.81. The minimum absolute atomic E-state index is 0.543. The molecule has 3 nitrogen and oxygen atoms in total. The second-order valence-electron chi connectivity index (χ2n) is 3.23. The quantitative estimate of drug-likeness (QED) is 0.791. The van der Waals surface area contributed by atoms with E-state index < -0.39 is 0 Å². The third-order valence-electron chi connectivity index (χ3n) is 2.19. The largest absolute Gasteiger partial charge is 0.313 e. The molecule has 0 radical (unpaired) electrons. The highest BCUT2D eigenvalue weighted by Crippen LogP contribution is 2.19. The highest BCUT2D eigenvalue weighted by atomic mass is 79.9. The van der Waals surface area contributed by atoms with Crippen molar-refractivity contribution < 1.29 is 4.79 Å². The lowest BCUT2D eigenvalue weighted by molar-refractivity contribution is 0.111. The van der Waals surface area contributed by atoms with Crippen molar-refractivity contribution in [1.82, 2.24) is 4.57 Å². The molecule has 4 heteroatoms. The molecule has 2 aromatic rings. The van der Waals surface area contributed by atoms with Crippen LogP contribution in [0, 0.1) is 11.3 Å². The lowest BCUT2D eigenvalue weighted by Gasteiger charge is -2.04. The van der Waals surface area contributed by atoms with E-state index in [4.69, 9.17) is 5.26 Å². The molecule has 0 spiro atoms. The van der Waals surface area contributed by atoms with Crippen molar-refractivity contribution in [3.63, 3.8) is 0 Å². The molecular formula is C12H7BrN2O. The Morgan fingerprint density at radius 2 is 2.19 bits per heavy atom. The van der Waals surface area contributed by atoms with E-state index in [9.17, 15) is 4.79 Å². The Bertz CT molecular complexity index is 581. The van der Waals surface area contributed by atoms with Gasteiger partial charge in [0.25, 0.3) is 0 Å². The summed E-state index contributed by atoms with van der Waals surface area (Å²) in [6.07, 6.45) is 2.57. The van der Waals surface area contributed by atoms with E-state index in [2.05, 4.69) is 22.0 Å². The maximum atomic E-state index is 10.9. The minimum Gasteiger partial charge on any atom is -0.313 e. The molecule has 1 heterocycles. The average molecular weight is 275 g/mol. The van der Waals surface area contributed by atoms with E-state index in [0.29, 0.717) is 11.3 Å². The van der Waals surface area contributed by atoms with E-state index in [-0.39, 0.29) is 0 Å². The summed E-state index contributed by atoms with van der Waals surface area (Å²) >= 11 is 3.31. The zero-order chi connectivity index (χ0) is 11.5. The van der Waals surface area contributed by atoms with Gasteiger partial charge in [0.15, 0.2) is 6.29 Å². The van der Waals surface area contributed by atoms with E-state index in [1.54, 1.807) is 35.0 Å². The lowest BCUT2D eigenvalue weighted by Crippen LogP contribution is -1.97. The number of nitriles is 1. The Balaban J connectivity index is 2.58. The minimum atomic E-state index is 0.543. The molecule has 0 bridgehead atoms. The number of nitrogens with zero attached hydrogens (tertiary/aromatic N) is 2. The first-order valence-corrected chi connectivity index (χ1v) is 5.37. The van der Waals surface area contributed by atoms with Crippen LogP contribution in [-0.4, -0.2) is 10.9 Å². The van der Waals surface area contributed by atoms with Gasteiger partial charge in [-0.1, -0.05) is 6.07 Å². The average Bonchev–Trinajstić information content (AvgIpc) is 2.70. The smallest absolute Gasteiger partial charge is 0.166 e. The van der Waals surface area contributed by atoms with Crippen molar-refractivity contribution in [2.75, 3.05) is 0 Å². The summed E-state index contributed by atoms with van der Waals surface area (Å²) < 4.78 is 2.56. The van der Waals surface area contributed by atoms with Crippen molar-refractivity contribution in [3.8, 4) is 11.8 Å². The van der Waals surface area contributed by atoms with Gasteiger partial charge in [-0.05, 0) is 40.2 Å². The first-order valence-electron chi connectivity index (χ1n) is 4.58. The second-order valence-corrected chi connectivity index (χ2v) is 4.15. The summed E-state index contributed by atoms with van der Waals surface area (Å²) in [7, 11) is 0. The first-order chi connectivity index (χ1) is 7.74. The van der Waals surface area contributed by atoms with Crippen molar-refractivity contribution in [3.05, 3.63) is 52.3 Å². The number of benzene rings is 1. The van der Waals surface area contributed by atoms with Gasteiger partial charge in [-0.15, -0.1) is 0 Å². The van der Waals surface area contributed by atoms with Gasteiger partial charge in [0.2, 0.25) is 0 Å². The number of carbonyl (C=O) groups excluding carboxylic acids is 1. The fourth-order valence-corrected chi connectivity index (χ4v) is 1.92. The molecule has 78 valence electrons. The molecule has 0 fully saturated rings. The summed E-state index contributed by atoms with van der Waals surface area (Å²) in [6, 6.07) is 10.9. The number of rotatable bonds is 2. The predicted octanol–water partition coefficient (Wildman–Crippen LogP) is 2.92. The van der Waals surface area contributed by atoms with Crippen LogP contribution in [-0.2, 0) is 0 Å². The maximum absolute atomic E-state index is 10.9. The van der Waals surface area contributed by atoms with Gasteiger partial charge in [-0.2, -0.15) is 5.26 Å². The predicted molar refractivity (Wildman–Crippen MR) is 63.6 cm³/mol. The van der Waals surface area contributed by atoms with Crippen LogP contribution in [0.25, 0.3) is 5.69 Å². The molecular weight excluding hydrogens is 268 g/mol. The van der Waals surface area contributed by atoms with E-state index in [0.717, 1.165) is 16.4 Å². The van der Waals surface area contributed by atoms with Crippen LogP contribution in [0.2, 0.25) is 0 Å². The molecule has 2 rings (SSSR count). The van der Waals surface area contributed by atoms with Gasteiger partial charge >= 0.3 is 0 Å². The molecule has 0 aliphatic rings. The maximum Gasteiger partial charge on any atom is 0.166 e. The highest BCUT2D eigenvalue weighted by molar-refractivity contribution is 9.10. The molecule has 1 aromatic carbocycles. The Morgan fingerprint density at radius 1 is 1.38 bits per heavy atom. The van der Waals surface area contributed by atoms with Gasteiger partial charge in [-0.25, -0.2) is 0 Å². The summed E-state index contributed by atoms with van der Waals surface area (Å²) in [5.74, 6) is 0. The van der Waals surface area contributed by atoms with Crippen LogP contribution in [0.1, 0.15) is 16.1 Å². The van der Waals surface area contributed by atoms with Gasteiger partial charge in [0, 0.05) is 16.4 Å². The molecule has 0 atom stereocenters. The van der Waals surface area contributed by atoms with Gasteiger partial charge in [0.05, 0.1) is 17.3 Å². The summed E-state index contributed by atoms with van der Waals surface area (Å²) in [4.78, 5) is 10.9. The van der Waals surface area contributed by atoms with Crippen molar-refractivity contribution in [1.29, 1.82) is 5.26 Å². The zero-order valence-electron chi connectivity index (χ0n) is 8.22. The van der Waals surface area contributed by atoms with Crippen molar-refractivity contribution in [2.24, 2.45) is 0 Å². The molecule has 0 unspecified atom stereocenters. The third-order valence-corrected chi connectivity index (χ3v) is 2.62. The molecule has 0 saturated heterocycles. The van der Waals surface area contributed by atoms with Gasteiger partial charge in [-0.3, -0.25) is 4.79 Å². The van der Waals surface area contributed by atoms with E-state index in [1.807, 2.05) is 6.07 Å². The third kappa shape index (κ3) is 1.90. The van der Waals surface area contributed by atoms with Crippen LogP contribution in [0.5, 0.6) is 0 Å². The molecule has 0 N–H and O–H groups in total. The topological polar surface area (TPSA) is 45.8 Å². The van der Waals surface area contributed by atoms with Crippen molar-refractivity contribution >= 4 is 22.2 Å². The Hall–Kier alpha value is -1.86. The number of hydrogen-bond donors (Lipinski definition) is 0. The summed E-state index contributed by atoms with van der Waals surface area (Å²) in [5.41, 5.74) is 1.91. The Morgan fingerprint density at radius 3 is 2.88 bits per heavy atom. The van der Waals surface area contributed by atoms with Crippen LogP contribution in [0.3, 0.4) is 0 Å². The fourth-order valence-electron chi connectivity index (χ4n) is 1.49. The molecule has 0 aliphatic heterocycles. The number of halogens is 1. The normalized spacial score (nSPS) is 9.75. The SMILES string of the molecule is N#Cc1cccc(-n2cc(Br)cc2C=O)c1. The van der Waals surface area contributed by atoms with Crippen molar-refractivity contribution in [2.45, 2.75) is 0 Å². The molecule has 1 aromatic heterocycles. The highest BCUT2D eigenvalue weighted by Gasteiger charge is 2.05. The fraction of sp³-hybridized carbons (Fsp3) is 0. The van der Waals surface area contributed by atoms with Crippen LogP contribution in [0.4, 0.5) is 0 Å². The molecule has 16 heavy (non-hydrogen) atoms. The van der Waals surface area contributed by atoms with Gasteiger partial charge in [0.1, 0.15) is 0 Å². The van der Waals surface area contributed by atoms with Crippen LogP contribution < -0.4 is 0 Å². The monoisotopic (exact) mass is 274 g/mol. The number of carbonyl (C=O) groups is 1. The van der Waals surface area contributed by atoms with Crippen LogP contribution >= 0.6 is 15.9 Å². The first kappa shape index (κ1) is 10.7. The number of hydrogen-bond acceptors (Lipinski definition) is 2. The summed E-state index contributed by atoms with van der Waals surface area (Å²) in [5, 5.41) is 8.80. The Kier molecular flexibility index (Phi) is 2.88. The molecule has 0 saturated carbocycles. The van der Waals surface area contributed by atoms with E-state index >= 15 is 0 Å². The lowest BCUT2D eigenvalue weighted by atomic mass is 10.2. The molecule has 0 aliphatic carbocycles. The van der Waals surface area contributed by atoms with E-state index in [1.165, 1.54) is 0 Å². The number of aromatic nitrogens is 1. The standard InChI is InChI=1S/C12H7BrN2O/c13-10-5-12(8-16)15(7-10)11-3-1-2-9(4-11)6-14/h1-5,7-8H. The number of aldehydes is 1. The second kappa shape index (κ2) is 4.33. The van der Waals surface area contributed by atoms with Crippen LogP contribution in [0.15, 0.2) is 41.0 Å². The Labute approximate surface area is 101 Å². The molecule has 0 amide bonds. The van der Waals surface area contributed by atoms with Gasteiger partial charge < -0.3 is 4.57 Å². The summed E-state index contributed by atoms with van der Waals surface area (Å²) in [6.45, 7) is 0.